The molecular weight excluding hydrogens is 718 g/mol. The second kappa shape index (κ2) is 15.2. The monoisotopic (exact) mass is 765 g/mol. The van der Waals surface area contributed by atoms with Crippen molar-refractivity contribution in [1.29, 1.82) is 0 Å². The molecule has 0 unspecified atom stereocenters. The number of benzene rings is 1. The number of ether oxygens (including phenoxy) is 4. The number of carbonyl (C=O) groups excluding carboxylic acids is 2. The molecule has 0 N–H and O–H groups in total. The molecule has 1 amide bonds. The Morgan fingerprint density at radius 1 is 1.11 bits per heavy atom. The van der Waals surface area contributed by atoms with Crippen LogP contribution in [0.5, 0.6) is 11.6 Å². The van der Waals surface area contributed by atoms with Crippen LogP contribution in [0, 0.1) is 17.8 Å². The molecular formula is C39H48ClN5O7S. The standard InChI is InChI=1S/C39H48ClN5O7S/c1-24-20-53(48,21-32(46)29-19-44(2)42-38(29)51-5)43-37(47)31-12-13-35-36(41-31)45(18-26-8-10-28(26)34(50-4)15-14-33(24)49-3)22-39(23-52-35)16-6-7-25-17-27(40)9-11-30(25)39/h9,11-15,17,19,24,26,28,33-34H,6-8,10,16,18,20-23H2,1-5H3/b15-14+/t24-,26+,28-,33-,34+,39+,53-/m1/s1. The first kappa shape index (κ1) is 37.5. The molecule has 7 atom stereocenters. The highest BCUT2D eigenvalue weighted by atomic mass is 35.5. The summed E-state index contributed by atoms with van der Waals surface area (Å²) >= 11 is 6.46. The highest BCUT2D eigenvalue weighted by Crippen LogP contribution is 2.46. The molecule has 4 aliphatic rings. The molecule has 1 saturated carbocycles. The van der Waals surface area contributed by atoms with Gasteiger partial charge in [0, 0.05) is 56.7 Å². The number of rotatable bonds is 6. The zero-order valence-corrected chi connectivity index (χ0v) is 32.5. The Hall–Kier alpha value is -3.78. The maximum atomic E-state index is 14.9. The van der Waals surface area contributed by atoms with Crippen molar-refractivity contribution in [3.63, 3.8) is 0 Å². The lowest BCUT2D eigenvalue weighted by Gasteiger charge is -2.45. The van der Waals surface area contributed by atoms with E-state index in [-0.39, 0.29) is 46.2 Å². The van der Waals surface area contributed by atoms with Crippen molar-refractivity contribution >= 4 is 38.8 Å². The number of amides is 1. The van der Waals surface area contributed by atoms with E-state index in [4.69, 9.17) is 35.5 Å². The van der Waals surface area contributed by atoms with Crippen LogP contribution >= 0.6 is 11.6 Å². The van der Waals surface area contributed by atoms with Gasteiger partial charge >= 0.3 is 5.91 Å². The number of Topliss-reactive ketones (excluding diaryl/α,β-unsaturated/α-hetero) is 1. The zero-order chi connectivity index (χ0) is 37.5. The fourth-order valence-electron chi connectivity index (χ4n) is 8.68. The molecule has 4 heterocycles. The Kier molecular flexibility index (Phi) is 10.7. The molecule has 284 valence electrons. The number of nitrogens with zero attached hydrogens (tertiary/aromatic N) is 5. The Morgan fingerprint density at radius 2 is 1.91 bits per heavy atom. The lowest BCUT2D eigenvalue weighted by molar-refractivity contribution is 0.0119. The van der Waals surface area contributed by atoms with Gasteiger partial charge in [0.05, 0.1) is 41.4 Å². The Labute approximate surface area is 316 Å². The fourth-order valence-corrected chi connectivity index (χ4v) is 11.1. The zero-order valence-electron chi connectivity index (χ0n) is 31.0. The van der Waals surface area contributed by atoms with Crippen LogP contribution in [0.2, 0.25) is 5.02 Å². The lowest BCUT2D eigenvalue weighted by Crippen LogP contribution is -2.49. The van der Waals surface area contributed by atoms with Crippen LogP contribution in [0.3, 0.4) is 0 Å². The molecule has 1 aromatic carbocycles. The molecule has 3 aromatic rings. The van der Waals surface area contributed by atoms with Crippen molar-refractivity contribution in [3.05, 3.63) is 76.1 Å². The largest absolute Gasteiger partial charge is 0.489 e. The maximum Gasteiger partial charge on any atom is 0.303 e. The van der Waals surface area contributed by atoms with Crippen molar-refractivity contribution in [2.45, 2.75) is 56.7 Å². The Balaban J connectivity index is 1.33. The minimum absolute atomic E-state index is 0.0334. The molecule has 1 fully saturated rings. The molecule has 53 heavy (non-hydrogen) atoms. The highest BCUT2D eigenvalue weighted by Gasteiger charge is 2.45. The first-order valence-corrected chi connectivity index (χ1v) is 20.5. The summed E-state index contributed by atoms with van der Waals surface area (Å²) in [5.41, 5.74) is 2.34. The Bertz CT molecular complexity index is 2040. The average molecular weight is 766 g/mol. The quantitative estimate of drug-likeness (QED) is 0.227. The number of halogens is 1. The number of pyridine rings is 1. The molecule has 14 heteroatoms. The van der Waals surface area contributed by atoms with Crippen LogP contribution in [-0.4, -0.2) is 95.4 Å². The van der Waals surface area contributed by atoms with Gasteiger partial charge in [-0.3, -0.25) is 14.3 Å². The van der Waals surface area contributed by atoms with E-state index in [1.54, 1.807) is 33.4 Å². The molecule has 2 aliphatic heterocycles. The van der Waals surface area contributed by atoms with Gasteiger partial charge in [0.1, 0.15) is 11.3 Å². The van der Waals surface area contributed by atoms with E-state index in [1.807, 2.05) is 25.1 Å². The lowest BCUT2D eigenvalue weighted by atomic mass is 9.68. The summed E-state index contributed by atoms with van der Waals surface area (Å²) in [6.07, 6.45) is 9.77. The second-order valence-electron chi connectivity index (χ2n) is 15.0. The summed E-state index contributed by atoms with van der Waals surface area (Å²) in [7, 11) is 2.89. The van der Waals surface area contributed by atoms with Crippen LogP contribution in [0.4, 0.5) is 5.82 Å². The number of anilines is 1. The molecule has 0 radical (unpaired) electrons. The number of aryl methyl sites for hydroxylation is 2. The minimum atomic E-state index is -3.51. The molecule has 2 aromatic heterocycles. The number of hydrogen-bond acceptors (Lipinski definition) is 10. The van der Waals surface area contributed by atoms with Crippen LogP contribution in [0.15, 0.2) is 53.0 Å². The molecule has 12 nitrogen and oxygen atoms in total. The minimum Gasteiger partial charge on any atom is -0.489 e. The summed E-state index contributed by atoms with van der Waals surface area (Å²) in [6, 6.07) is 9.50. The number of ketones is 1. The highest BCUT2D eigenvalue weighted by molar-refractivity contribution is 7.94. The van der Waals surface area contributed by atoms with E-state index < -0.39 is 33.3 Å². The first-order chi connectivity index (χ1) is 25.4. The average Bonchev–Trinajstić information content (AvgIpc) is 3.44. The first-order valence-electron chi connectivity index (χ1n) is 18.2. The predicted molar refractivity (Wildman–Crippen MR) is 203 cm³/mol. The van der Waals surface area contributed by atoms with E-state index in [1.165, 1.54) is 29.1 Å². The second-order valence-corrected chi connectivity index (χ2v) is 17.8. The summed E-state index contributed by atoms with van der Waals surface area (Å²) < 4.78 is 44.5. The topological polar surface area (TPSA) is 134 Å². The van der Waals surface area contributed by atoms with Crippen molar-refractivity contribution in [1.82, 2.24) is 14.8 Å². The predicted octanol–water partition coefficient (Wildman–Crippen LogP) is 5.70. The number of fused-ring (bicyclic) bond motifs is 4. The summed E-state index contributed by atoms with van der Waals surface area (Å²) in [5.74, 6) is -0.427. The maximum absolute atomic E-state index is 14.9. The van der Waals surface area contributed by atoms with Crippen molar-refractivity contribution in [2.75, 3.05) is 57.4 Å². The summed E-state index contributed by atoms with van der Waals surface area (Å²) in [4.78, 5) is 35.0. The van der Waals surface area contributed by atoms with Crippen molar-refractivity contribution in [2.24, 2.45) is 29.2 Å². The molecule has 2 aliphatic carbocycles. The van der Waals surface area contributed by atoms with Crippen LogP contribution < -0.4 is 14.4 Å². The van der Waals surface area contributed by atoms with E-state index in [2.05, 4.69) is 26.5 Å². The molecule has 2 bridgehead atoms. The van der Waals surface area contributed by atoms with Gasteiger partial charge in [0.2, 0.25) is 5.88 Å². The molecule has 1 spiro atoms. The van der Waals surface area contributed by atoms with Gasteiger partial charge in [0.15, 0.2) is 17.4 Å². The Morgan fingerprint density at radius 3 is 2.64 bits per heavy atom. The summed E-state index contributed by atoms with van der Waals surface area (Å²) in [5, 5.41) is 4.90. The summed E-state index contributed by atoms with van der Waals surface area (Å²) in [6.45, 7) is 3.65. The van der Waals surface area contributed by atoms with Crippen LogP contribution in [-0.2, 0) is 38.1 Å². The number of methoxy groups -OCH3 is 3. The number of aromatic nitrogens is 3. The third-order valence-corrected chi connectivity index (χ3v) is 14.0. The van der Waals surface area contributed by atoms with E-state index in [0.29, 0.717) is 37.2 Å². The third kappa shape index (κ3) is 7.50. The number of carbonyl (C=O) groups is 2. The molecule has 0 saturated heterocycles. The normalized spacial score (nSPS) is 30.6. The SMILES string of the molecule is COc1nn(C)cc1C(=O)C[S@@]1(=O)=NC(=O)c2ccc3c(n2)N(C[C@@H]2CC[C@H]2[C@@H](OC)/C=C/[C@@H](OC)[C@H](C)C1)C[C@@]1(CCCc2cc(Cl)ccc21)CO3. The van der Waals surface area contributed by atoms with Crippen LogP contribution in [0.25, 0.3) is 0 Å². The van der Waals surface area contributed by atoms with Gasteiger partial charge in [-0.15, -0.1) is 5.10 Å². The molecule has 7 rings (SSSR count). The van der Waals surface area contributed by atoms with E-state index >= 15 is 0 Å². The van der Waals surface area contributed by atoms with Crippen molar-refractivity contribution < 1.29 is 32.7 Å². The van der Waals surface area contributed by atoms with E-state index in [9.17, 15) is 13.8 Å². The van der Waals surface area contributed by atoms with Gasteiger partial charge in [0.25, 0.3) is 0 Å². The van der Waals surface area contributed by atoms with E-state index in [0.717, 1.165) is 37.1 Å². The van der Waals surface area contributed by atoms with Crippen molar-refractivity contribution in [3.8, 4) is 11.6 Å². The number of hydrogen-bond donors (Lipinski definition) is 0. The van der Waals surface area contributed by atoms with Gasteiger partial charge < -0.3 is 23.8 Å². The smallest absolute Gasteiger partial charge is 0.303 e. The van der Waals surface area contributed by atoms with Crippen LogP contribution in [0.1, 0.15) is 64.6 Å². The van der Waals surface area contributed by atoms with Gasteiger partial charge in [-0.05, 0) is 85.3 Å². The van der Waals surface area contributed by atoms with Gasteiger partial charge in [-0.2, -0.15) is 4.36 Å². The third-order valence-electron chi connectivity index (χ3n) is 11.5. The van der Waals surface area contributed by atoms with Gasteiger partial charge in [-0.1, -0.05) is 36.7 Å². The fraction of sp³-hybridized carbons (Fsp3) is 0.538. The van der Waals surface area contributed by atoms with Gasteiger partial charge in [-0.25, -0.2) is 9.19 Å².